The summed E-state index contributed by atoms with van der Waals surface area (Å²) in [4.78, 5) is 18.7. The Morgan fingerprint density at radius 3 is 3.06 bits per heavy atom. The number of hydrogen-bond acceptors (Lipinski definition) is 5. The predicted molar refractivity (Wildman–Crippen MR) is 70.5 cm³/mol. The molecule has 1 aromatic rings. The first-order valence-electron chi connectivity index (χ1n) is 6.45. The molecule has 6 heteroatoms. The van der Waals surface area contributed by atoms with Crippen molar-refractivity contribution in [1.29, 1.82) is 0 Å². The van der Waals surface area contributed by atoms with Crippen molar-refractivity contribution in [3.05, 3.63) is 16.1 Å². The summed E-state index contributed by atoms with van der Waals surface area (Å²) >= 11 is 1.44. The van der Waals surface area contributed by atoms with Crippen LogP contribution in [0.25, 0.3) is 0 Å². The van der Waals surface area contributed by atoms with Gasteiger partial charge < -0.3 is 11.1 Å². The third kappa shape index (κ3) is 2.55. The minimum Gasteiger partial charge on any atom is -0.347 e. The number of nitrogens with two attached hydrogens (primary N) is 1. The van der Waals surface area contributed by atoms with Gasteiger partial charge in [-0.3, -0.25) is 9.69 Å². The predicted octanol–water partition coefficient (Wildman–Crippen LogP) is 0.568. The smallest absolute Gasteiger partial charge is 0.271 e. The zero-order valence-electron chi connectivity index (χ0n) is 10.3. The molecule has 0 spiro atoms. The van der Waals surface area contributed by atoms with Gasteiger partial charge in [0.05, 0.1) is 0 Å². The maximum Gasteiger partial charge on any atom is 0.271 e. The Balaban J connectivity index is 1.54. The van der Waals surface area contributed by atoms with Crippen molar-refractivity contribution in [2.75, 3.05) is 13.1 Å². The quantitative estimate of drug-likeness (QED) is 0.836. The molecule has 1 aliphatic carbocycles. The Morgan fingerprint density at radius 2 is 2.39 bits per heavy atom. The second kappa shape index (κ2) is 4.95. The molecule has 18 heavy (non-hydrogen) atoms. The highest BCUT2D eigenvalue weighted by atomic mass is 32.1. The second-order valence-corrected chi connectivity index (χ2v) is 5.96. The lowest BCUT2D eigenvalue weighted by atomic mass is 10.2. The molecule has 0 aromatic carbocycles. The molecule has 1 saturated heterocycles. The molecule has 1 aromatic heterocycles. The highest BCUT2D eigenvalue weighted by Gasteiger charge is 2.34. The first-order chi connectivity index (χ1) is 8.76. The summed E-state index contributed by atoms with van der Waals surface area (Å²) in [6.07, 6.45) is 3.70. The number of nitrogens with zero attached hydrogens (tertiary/aromatic N) is 2. The van der Waals surface area contributed by atoms with Crippen LogP contribution in [0.5, 0.6) is 0 Å². The molecule has 2 aliphatic rings. The van der Waals surface area contributed by atoms with Crippen molar-refractivity contribution in [1.82, 2.24) is 15.2 Å². The van der Waals surface area contributed by atoms with Crippen molar-refractivity contribution in [3.63, 3.8) is 0 Å². The lowest BCUT2D eigenvalue weighted by Gasteiger charge is -2.15. The van der Waals surface area contributed by atoms with E-state index < -0.39 is 0 Å². The Bertz CT molecular complexity index is 443. The zero-order valence-corrected chi connectivity index (χ0v) is 11.1. The molecule has 98 valence electrons. The number of hydrogen-bond donors (Lipinski definition) is 2. The van der Waals surface area contributed by atoms with Gasteiger partial charge in [-0.25, -0.2) is 4.98 Å². The van der Waals surface area contributed by atoms with Gasteiger partial charge in [0.2, 0.25) is 0 Å². The van der Waals surface area contributed by atoms with E-state index in [1.807, 2.05) is 0 Å². The summed E-state index contributed by atoms with van der Waals surface area (Å²) in [5.41, 5.74) is 6.00. The minimum absolute atomic E-state index is 0.0615. The lowest BCUT2D eigenvalue weighted by molar-refractivity contribution is 0.0933. The van der Waals surface area contributed by atoms with Gasteiger partial charge in [0.15, 0.2) is 0 Å². The van der Waals surface area contributed by atoms with Gasteiger partial charge in [0.1, 0.15) is 10.7 Å². The molecular weight excluding hydrogens is 248 g/mol. The first-order valence-corrected chi connectivity index (χ1v) is 7.33. The molecule has 1 amide bonds. The monoisotopic (exact) mass is 266 g/mol. The average Bonchev–Trinajstić information content (AvgIpc) is 2.93. The average molecular weight is 266 g/mol. The number of thiazole rings is 1. The van der Waals surface area contributed by atoms with Gasteiger partial charge in [-0.15, -0.1) is 11.3 Å². The van der Waals surface area contributed by atoms with Gasteiger partial charge in [0, 0.05) is 37.1 Å². The molecule has 2 heterocycles. The molecule has 3 rings (SSSR count). The van der Waals surface area contributed by atoms with Crippen LogP contribution in [0.1, 0.15) is 34.8 Å². The van der Waals surface area contributed by atoms with E-state index in [0.717, 1.165) is 30.6 Å². The van der Waals surface area contributed by atoms with Crippen molar-refractivity contribution in [2.45, 2.75) is 37.9 Å². The summed E-state index contributed by atoms with van der Waals surface area (Å²) in [6, 6.07) is 1.07. The summed E-state index contributed by atoms with van der Waals surface area (Å²) in [5.74, 6) is -0.0615. The molecular formula is C12H18N4OS. The van der Waals surface area contributed by atoms with Crippen LogP contribution < -0.4 is 11.1 Å². The Morgan fingerprint density at radius 1 is 1.56 bits per heavy atom. The van der Waals surface area contributed by atoms with E-state index in [-0.39, 0.29) is 11.9 Å². The van der Waals surface area contributed by atoms with Crippen LogP contribution in [-0.2, 0) is 6.54 Å². The van der Waals surface area contributed by atoms with Crippen LogP contribution >= 0.6 is 11.3 Å². The number of likely N-dealkylation sites (tertiary alicyclic amines) is 1. The second-order valence-electron chi connectivity index (χ2n) is 5.02. The van der Waals surface area contributed by atoms with Gasteiger partial charge in [-0.1, -0.05) is 0 Å². The summed E-state index contributed by atoms with van der Waals surface area (Å²) < 4.78 is 0. The Hall–Kier alpha value is -0.980. The minimum atomic E-state index is -0.0615. The number of amides is 1. The molecule has 1 unspecified atom stereocenters. The molecule has 1 aliphatic heterocycles. The van der Waals surface area contributed by atoms with E-state index in [1.54, 1.807) is 5.38 Å². The lowest BCUT2D eigenvalue weighted by Crippen LogP contribution is -2.37. The number of nitrogens with one attached hydrogen (secondary N) is 1. The van der Waals surface area contributed by atoms with Crippen molar-refractivity contribution in [2.24, 2.45) is 5.73 Å². The Kier molecular flexibility index (Phi) is 3.32. The van der Waals surface area contributed by atoms with E-state index in [1.165, 1.54) is 24.2 Å². The Labute approximate surface area is 110 Å². The largest absolute Gasteiger partial charge is 0.347 e. The standard InChI is InChI=1S/C12H18N4OS/c13-5-11-15-10(7-18-11)12(17)14-8-3-4-16(6-8)9-1-2-9/h7-9H,1-6,13H2,(H,14,17). The van der Waals surface area contributed by atoms with Crippen LogP contribution in [0.3, 0.4) is 0 Å². The fraction of sp³-hybridized carbons (Fsp3) is 0.667. The van der Waals surface area contributed by atoms with Crippen LogP contribution in [0.4, 0.5) is 0 Å². The van der Waals surface area contributed by atoms with E-state index in [0.29, 0.717) is 12.2 Å². The van der Waals surface area contributed by atoms with Gasteiger partial charge in [0.25, 0.3) is 5.91 Å². The zero-order chi connectivity index (χ0) is 12.5. The normalized spacial score (nSPS) is 24.4. The van der Waals surface area contributed by atoms with Crippen molar-refractivity contribution < 1.29 is 4.79 Å². The molecule has 1 atom stereocenters. The molecule has 1 saturated carbocycles. The van der Waals surface area contributed by atoms with E-state index in [2.05, 4.69) is 15.2 Å². The van der Waals surface area contributed by atoms with Crippen molar-refractivity contribution >= 4 is 17.2 Å². The number of aromatic nitrogens is 1. The fourth-order valence-corrected chi connectivity index (χ4v) is 3.10. The highest BCUT2D eigenvalue weighted by Crippen LogP contribution is 2.29. The van der Waals surface area contributed by atoms with Crippen LogP contribution in [0.15, 0.2) is 5.38 Å². The van der Waals surface area contributed by atoms with E-state index in [9.17, 15) is 4.79 Å². The molecule has 5 nitrogen and oxygen atoms in total. The number of rotatable bonds is 4. The van der Waals surface area contributed by atoms with Crippen LogP contribution in [0, 0.1) is 0 Å². The third-order valence-corrected chi connectivity index (χ3v) is 4.45. The maximum absolute atomic E-state index is 12.0. The van der Waals surface area contributed by atoms with Crippen LogP contribution in [0.2, 0.25) is 0 Å². The molecule has 2 fully saturated rings. The number of carbonyl (C=O) groups excluding carboxylic acids is 1. The molecule has 3 N–H and O–H groups in total. The highest BCUT2D eigenvalue weighted by molar-refractivity contribution is 7.09. The van der Waals surface area contributed by atoms with E-state index in [4.69, 9.17) is 5.73 Å². The number of carbonyl (C=O) groups is 1. The first kappa shape index (κ1) is 12.1. The summed E-state index contributed by atoms with van der Waals surface area (Å²) in [7, 11) is 0. The van der Waals surface area contributed by atoms with E-state index >= 15 is 0 Å². The van der Waals surface area contributed by atoms with Gasteiger partial charge >= 0.3 is 0 Å². The SMILES string of the molecule is NCc1nc(C(=O)NC2CCN(C3CC3)C2)cs1. The maximum atomic E-state index is 12.0. The summed E-state index contributed by atoms with van der Waals surface area (Å²) in [5, 5.41) is 5.66. The summed E-state index contributed by atoms with van der Waals surface area (Å²) in [6.45, 7) is 2.50. The molecule has 0 radical (unpaired) electrons. The molecule has 0 bridgehead atoms. The van der Waals surface area contributed by atoms with Crippen LogP contribution in [-0.4, -0.2) is 41.0 Å². The fourth-order valence-electron chi connectivity index (χ4n) is 2.44. The topological polar surface area (TPSA) is 71.2 Å². The third-order valence-electron chi connectivity index (χ3n) is 3.58. The van der Waals surface area contributed by atoms with Gasteiger partial charge in [-0.05, 0) is 19.3 Å². The van der Waals surface area contributed by atoms with Gasteiger partial charge in [-0.2, -0.15) is 0 Å². The van der Waals surface area contributed by atoms with Crippen molar-refractivity contribution in [3.8, 4) is 0 Å².